The molecule has 1 N–H and O–H groups in total. The molecular weight excluding hydrogens is 247 g/mol. The van der Waals surface area contributed by atoms with E-state index < -0.39 is 17.6 Å². The molecule has 1 unspecified atom stereocenters. The number of pyridine rings is 1. The van der Waals surface area contributed by atoms with Crippen LogP contribution < -0.4 is 5.32 Å². The van der Waals surface area contributed by atoms with Crippen LogP contribution in [0.25, 0.3) is 0 Å². The van der Waals surface area contributed by atoms with Crippen molar-refractivity contribution in [1.29, 1.82) is 0 Å². The number of alkyl halides is 1. The summed E-state index contributed by atoms with van der Waals surface area (Å²) in [5, 5.41) is 2.17. The number of nitrogens with zero attached hydrogens (tertiary/aromatic N) is 1. The topological polar surface area (TPSA) is 59.1 Å². The highest BCUT2D eigenvalue weighted by atomic mass is 35.5. The molecule has 1 aromatic rings. The lowest BCUT2D eigenvalue weighted by molar-refractivity contribution is -0.134. The van der Waals surface area contributed by atoms with Gasteiger partial charge in [-0.15, -0.1) is 11.6 Å². The summed E-state index contributed by atoms with van der Waals surface area (Å²) in [6.07, 6.45) is 1.93. The number of piperidine rings is 1. The van der Waals surface area contributed by atoms with Crippen molar-refractivity contribution in [3.8, 4) is 0 Å². The highest BCUT2D eigenvalue weighted by molar-refractivity contribution is 6.17. The van der Waals surface area contributed by atoms with Gasteiger partial charge in [-0.25, -0.2) is 4.39 Å². The summed E-state index contributed by atoms with van der Waals surface area (Å²) in [6, 6.07) is 1.26. The van der Waals surface area contributed by atoms with Gasteiger partial charge in [0.1, 0.15) is 5.82 Å². The summed E-state index contributed by atoms with van der Waals surface area (Å²) < 4.78 is 13.7. The molecular formula is C11H10ClFN2O2. The molecule has 2 amide bonds. The number of aromatic nitrogens is 1. The van der Waals surface area contributed by atoms with Crippen molar-refractivity contribution in [2.24, 2.45) is 0 Å². The van der Waals surface area contributed by atoms with Gasteiger partial charge in [0, 0.05) is 18.5 Å². The van der Waals surface area contributed by atoms with Crippen LogP contribution in [0.4, 0.5) is 4.39 Å². The van der Waals surface area contributed by atoms with Crippen LogP contribution in [0, 0.1) is 5.82 Å². The summed E-state index contributed by atoms with van der Waals surface area (Å²) in [7, 11) is 0. The molecule has 1 atom stereocenters. The zero-order chi connectivity index (χ0) is 12.4. The van der Waals surface area contributed by atoms with Crippen LogP contribution in [0.15, 0.2) is 12.3 Å². The lowest BCUT2D eigenvalue weighted by atomic mass is 9.94. The number of nitrogens with one attached hydrogen (secondary N) is 1. The highest BCUT2D eigenvalue weighted by Crippen LogP contribution is 2.25. The second kappa shape index (κ2) is 4.79. The molecule has 1 fully saturated rings. The van der Waals surface area contributed by atoms with Crippen molar-refractivity contribution in [1.82, 2.24) is 10.3 Å². The Labute approximate surface area is 102 Å². The summed E-state index contributed by atoms with van der Waals surface area (Å²) in [5.74, 6) is -1.91. The van der Waals surface area contributed by atoms with E-state index in [0.29, 0.717) is 5.56 Å². The first-order valence-electron chi connectivity index (χ1n) is 5.16. The number of hydrogen-bond donors (Lipinski definition) is 1. The van der Waals surface area contributed by atoms with Gasteiger partial charge in [0.05, 0.1) is 11.6 Å². The quantitative estimate of drug-likeness (QED) is 0.644. The van der Waals surface area contributed by atoms with E-state index in [1.807, 2.05) is 0 Å². The second-order valence-corrected chi connectivity index (χ2v) is 4.12. The number of imide groups is 1. The lowest BCUT2D eigenvalue weighted by Gasteiger charge is -2.20. The average molecular weight is 257 g/mol. The molecule has 4 nitrogen and oxygen atoms in total. The van der Waals surface area contributed by atoms with Crippen molar-refractivity contribution in [2.45, 2.75) is 24.6 Å². The molecule has 0 spiro atoms. The molecule has 0 saturated carbocycles. The largest absolute Gasteiger partial charge is 0.296 e. The van der Waals surface area contributed by atoms with Crippen molar-refractivity contribution >= 4 is 23.4 Å². The van der Waals surface area contributed by atoms with Gasteiger partial charge in [-0.3, -0.25) is 19.9 Å². The van der Waals surface area contributed by atoms with Gasteiger partial charge < -0.3 is 0 Å². The van der Waals surface area contributed by atoms with Crippen molar-refractivity contribution < 1.29 is 14.0 Å². The normalized spacial score (nSPS) is 20.2. The van der Waals surface area contributed by atoms with Crippen molar-refractivity contribution in [3.05, 3.63) is 29.3 Å². The van der Waals surface area contributed by atoms with E-state index in [-0.39, 0.29) is 30.3 Å². The molecule has 17 heavy (non-hydrogen) atoms. The second-order valence-electron chi connectivity index (χ2n) is 3.85. The minimum atomic E-state index is -0.697. The Hall–Kier alpha value is -1.49. The van der Waals surface area contributed by atoms with Crippen LogP contribution in [0.1, 0.15) is 30.0 Å². The van der Waals surface area contributed by atoms with E-state index in [1.54, 1.807) is 0 Å². The first-order valence-corrected chi connectivity index (χ1v) is 5.69. The monoisotopic (exact) mass is 256 g/mol. The molecule has 1 aliphatic rings. The number of hydrogen-bond acceptors (Lipinski definition) is 3. The van der Waals surface area contributed by atoms with E-state index in [0.717, 1.165) is 0 Å². The van der Waals surface area contributed by atoms with Gasteiger partial charge in [-0.05, 0) is 18.1 Å². The van der Waals surface area contributed by atoms with E-state index in [1.165, 1.54) is 12.3 Å². The molecule has 6 heteroatoms. The van der Waals surface area contributed by atoms with Gasteiger partial charge >= 0.3 is 0 Å². The fourth-order valence-corrected chi connectivity index (χ4v) is 1.92. The third kappa shape index (κ3) is 2.44. The van der Waals surface area contributed by atoms with Gasteiger partial charge in [0.15, 0.2) is 0 Å². The Morgan fingerprint density at radius 3 is 2.88 bits per heavy atom. The Balaban J connectivity index is 2.28. The minimum Gasteiger partial charge on any atom is -0.296 e. The van der Waals surface area contributed by atoms with E-state index in [2.05, 4.69) is 10.3 Å². The van der Waals surface area contributed by atoms with Crippen LogP contribution in [-0.4, -0.2) is 16.8 Å². The summed E-state index contributed by atoms with van der Waals surface area (Å²) >= 11 is 5.55. The number of halogens is 2. The number of carbonyl (C=O) groups excluding carboxylic acids is 2. The third-order valence-corrected chi connectivity index (χ3v) is 2.96. The fourth-order valence-electron chi connectivity index (χ4n) is 1.77. The predicted octanol–water partition coefficient (Wildman–Crippen LogP) is 1.48. The van der Waals surface area contributed by atoms with Gasteiger partial charge in [-0.2, -0.15) is 0 Å². The average Bonchev–Trinajstić information content (AvgIpc) is 2.30. The van der Waals surface area contributed by atoms with Gasteiger partial charge in [0.25, 0.3) is 0 Å². The molecule has 2 rings (SSSR count). The Morgan fingerprint density at radius 2 is 2.29 bits per heavy atom. The first-order chi connectivity index (χ1) is 8.11. The summed E-state index contributed by atoms with van der Waals surface area (Å²) in [5.41, 5.74) is 0.629. The first kappa shape index (κ1) is 12.0. The molecule has 1 aliphatic heterocycles. The standard InChI is InChI=1S/C11H10ClFN2O2/c12-4-6-3-8(13)10(14-5-6)7-1-2-9(16)15-11(7)17/h3,5,7H,1-2,4H2,(H,15,16,17). The van der Waals surface area contributed by atoms with Crippen LogP contribution in [0.3, 0.4) is 0 Å². The van der Waals surface area contributed by atoms with E-state index >= 15 is 0 Å². The van der Waals surface area contributed by atoms with Crippen LogP contribution in [0.2, 0.25) is 0 Å². The highest BCUT2D eigenvalue weighted by Gasteiger charge is 2.31. The lowest BCUT2D eigenvalue weighted by Crippen LogP contribution is -2.40. The molecule has 1 saturated heterocycles. The van der Waals surface area contributed by atoms with Crippen LogP contribution >= 0.6 is 11.6 Å². The van der Waals surface area contributed by atoms with E-state index in [9.17, 15) is 14.0 Å². The van der Waals surface area contributed by atoms with Gasteiger partial charge in [0.2, 0.25) is 11.8 Å². The fraction of sp³-hybridized carbons (Fsp3) is 0.364. The molecule has 90 valence electrons. The third-order valence-electron chi connectivity index (χ3n) is 2.65. The maximum atomic E-state index is 13.7. The van der Waals surface area contributed by atoms with Crippen molar-refractivity contribution in [3.63, 3.8) is 0 Å². The van der Waals surface area contributed by atoms with Crippen LogP contribution in [0.5, 0.6) is 0 Å². The van der Waals surface area contributed by atoms with Gasteiger partial charge in [-0.1, -0.05) is 0 Å². The molecule has 0 aromatic carbocycles. The van der Waals surface area contributed by atoms with Crippen LogP contribution in [-0.2, 0) is 15.5 Å². The summed E-state index contributed by atoms with van der Waals surface area (Å²) in [6.45, 7) is 0. The summed E-state index contributed by atoms with van der Waals surface area (Å²) in [4.78, 5) is 26.4. The Morgan fingerprint density at radius 1 is 1.53 bits per heavy atom. The number of rotatable bonds is 2. The zero-order valence-electron chi connectivity index (χ0n) is 8.87. The maximum Gasteiger partial charge on any atom is 0.235 e. The molecule has 1 aromatic heterocycles. The zero-order valence-corrected chi connectivity index (χ0v) is 9.63. The molecule has 0 radical (unpaired) electrons. The number of carbonyl (C=O) groups is 2. The van der Waals surface area contributed by atoms with E-state index in [4.69, 9.17) is 11.6 Å². The Kier molecular flexibility index (Phi) is 3.38. The number of amides is 2. The Bertz CT molecular complexity index is 479. The predicted molar refractivity (Wildman–Crippen MR) is 58.9 cm³/mol. The molecule has 0 aliphatic carbocycles. The minimum absolute atomic E-state index is 0.0730. The smallest absolute Gasteiger partial charge is 0.235 e. The maximum absolute atomic E-state index is 13.7. The SMILES string of the molecule is O=C1CCC(c2ncc(CCl)cc2F)C(=O)N1. The van der Waals surface area contributed by atoms with Crippen molar-refractivity contribution in [2.75, 3.05) is 0 Å². The molecule has 2 heterocycles. The molecule has 0 bridgehead atoms.